The van der Waals surface area contributed by atoms with Gasteiger partial charge in [-0.05, 0) is 24.6 Å². The van der Waals surface area contributed by atoms with Crippen LogP contribution in [0, 0.1) is 0 Å². The lowest BCUT2D eigenvalue weighted by Gasteiger charge is -2.37. The van der Waals surface area contributed by atoms with Crippen LogP contribution in [0.5, 0.6) is 5.75 Å². The molecular weight excluding hydrogens is 326 g/mol. The van der Waals surface area contributed by atoms with Crippen LogP contribution in [0.2, 0.25) is 0 Å². The first-order chi connectivity index (χ1) is 12.7. The lowest BCUT2D eigenvalue weighted by atomic mass is 10.1. The first-order valence-corrected chi connectivity index (χ1v) is 9.11. The molecule has 1 saturated heterocycles. The number of benzene rings is 2. The minimum Gasteiger partial charge on any atom is -0.495 e. The van der Waals surface area contributed by atoms with E-state index < -0.39 is 0 Å². The van der Waals surface area contributed by atoms with E-state index in [0.29, 0.717) is 5.75 Å². The fourth-order valence-electron chi connectivity index (χ4n) is 3.30. The van der Waals surface area contributed by atoms with Crippen LogP contribution in [0.4, 0.5) is 5.69 Å². The summed E-state index contributed by atoms with van der Waals surface area (Å²) >= 11 is 0. The topological polar surface area (TPSA) is 44.8 Å². The second-order valence-corrected chi connectivity index (χ2v) is 6.66. The molecule has 3 rings (SSSR count). The molecule has 0 unspecified atom stereocenters. The number of anilines is 1. The number of hydrogen-bond donors (Lipinski definition) is 1. The summed E-state index contributed by atoms with van der Waals surface area (Å²) in [6, 6.07) is 17.9. The molecule has 0 aliphatic carbocycles. The van der Waals surface area contributed by atoms with Crippen LogP contribution in [-0.4, -0.2) is 55.0 Å². The minimum atomic E-state index is -0.168. The summed E-state index contributed by atoms with van der Waals surface area (Å²) in [6.07, 6.45) is 0. The van der Waals surface area contributed by atoms with Crippen molar-refractivity contribution in [2.45, 2.75) is 19.5 Å². The average Bonchev–Trinajstić information content (AvgIpc) is 2.69. The number of carbonyl (C=O) groups is 1. The average molecular weight is 353 g/mol. The molecule has 0 saturated carbocycles. The van der Waals surface area contributed by atoms with E-state index >= 15 is 0 Å². The lowest BCUT2D eigenvalue weighted by Crippen LogP contribution is -2.52. The Labute approximate surface area is 155 Å². The fraction of sp³-hybridized carbons (Fsp3) is 0.381. The van der Waals surface area contributed by atoms with Crippen LogP contribution >= 0.6 is 0 Å². The molecule has 5 heteroatoms. The highest BCUT2D eigenvalue weighted by Gasteiger charge is 2.26. The molecule has 0 aromatic heterocycles. The fourth-order valence-corrected chi connectivity index (χ4v) is 3.30. The Balaban J connectivity index is 1.51. The van der Waals surface area contributed by atoms with Crippen molar-refractivity contribution in [1.29, 1.82) is 0 Å². The van der Waals surface area contributed by atoms with E-state index in [4.69, 9.17) is 4.74 Å². The third kappa shape index (κ3) is 4.62. The molecule has 2 aromatic rings. The van der Waals surface area contributed by atoms with Gasteiger partial charge in [0.15, 0.2) is 0 Å². The number of amides is 1. The van der Waals surface area contributed by atoms with Crippen molar-refractivity contribution < 1.29 is 9.53 Å². The van der Waals surface area contributed by atoms with E-state index in [2.05, 4.69) is 39.4 Å². The SMILES string of the molecule is COc1ccccc1NC(=O)[C@@H](C)N1CCN(Cc2ccccc2)CC1. The third-order valence-electron chi connectivity index (χ3n) is 4.95. The highest BCUT2D eigenvalue weighted by atomic mass is 16.5. The molecule has 0 spiro atoms. The lowest BCUT2D eigenvalue weighted by molar-refractivity contribution is -0.121. The molecule has 1 fully saturated rings. The molecule has 1 heterocycles. The van der Waals surface area contributed by atoms with Crippen molar-refractivity contribution in [1.82, 2.24) is 9.80 Å². The molecule has 0 bridgehead atoms. The van der Waals surface area contributed by atoms with Crippen LogP contribution in [0.1, 0.15) is 12.5 Å². The number of nitrogens with one attached hydrogen (secondary N) is 1. The second-order valence-electron chi connectivity index (χ2n) is 6.66. The second kappa shape index (κ2) is 8.83. The van der Waals surface area contributed by atoms with Gasteiger partial charge in [-0.3, -0.25) is 14.6 Å². The molecule has 1 N–H and O–H groups in total. The van der Waals surface area contributed by atoms with E-state index in [1.807, 2.05) is 37.3 Å². The Morgan fingerprint density at radius 1 is 1.04 bits per heavy atom. The number of nitrogens with zero attached hydrogens (tertiary/aromatic N) is 2. The number of para-hydroxylation sites is 2. The Morgan fingerprint density at radius 2 is 1.69 bits per heavy atom. The normalized spacial score (nSPS) is 16.8. The van der Waals surface area contributed by atoms with Gasteiger partial charge in [-0.25, -0.2) is 0 Å². The summed E-state index contributed by atoms with van der Waals surface area (Å²) in [5, 5.41) is 2.99. The molecule has 0 radical (unpaired) electrons. The number of rotatable bonds is 6. The standard InChI is InChI=1S/C21H27N3O2/c1-17(21(25)22-19-10-6-7-11-20(19)26-2)24-14-12-23(13-15-24)16-18-8-4-3-5-9-18/h3-11,17H,12-16H2,1-2H3,(H,22,25)/t17-/m1/s1. The maximum Gasteiger partial charge on any atom is 0.241 e. The molecule has 138 valence electrons. The van der Waals surface area contributed by atoms with Crippen LogP contribution in [0.15, 0.2) is 54.6 Å². The van der Waals surface area contributed by atoms with Gasteiger partial charge in [0, 0.05) is 32.7 Å². The van der Waals surface area contributed by atoms with E-state index in [-0.39, 0.29) is 11.9 Å². The van der Waals surface area contributed by atoms with Crippen molar-refractivity contribution >= 4 is 11.6 Å². The zero-order chi connectivity index (χ0) is 18.4. The molecule has 1 amide bonds. The van der Waals surface area contributed by atoms with E-state index in [0.717, 1.165) is 38.4 Å². The largest absolute Gasteiger partial charge is 0.495 e. The summed E-state index contributed by atoms with van der Waals surface area (Å²) in [5.74, 6) is 0.687. The summed E-state index contributed by atoms with van der Waals surface area (Å²) < 4.78 is 5.31. The minimum absolute atomic E-state index is 0.00556. The number of ether oxygens (including phenoxy) is 1. The molecule has 1 aliphatic heterocycles. The van der Waals surface area contributed by atoms with Crippen LogP contribution in [0.3, 0.4) is 0 Å². The van der Waals surface area contributed by atoms with Crippen molar-refractivity contribution in [3.63, 3.8) is 0 Å². The van der Waals surface area contributed by atoms with Crippen molar-refractivity contribution in [2.75, 3.05) is 38.6 Å². The number of hydrogen-bond acceptors (Lipinski definition) is 4. The summed E-state index contributed by atoms with van der Waals surface area (Å²) in [4.78, 5) is 17.3. The summed E-state index contributed by atoms with van der Waals surface area (Å²) in [5.41, 5.74) is 2.05. The first kappa shape index (κ1) is 18.4. The monoisotopic (exact) mass is 353 g/mol. The van der Waals surface area contributed by atoms with Gasteiger partial charge in [0.05, 0.1) is 18.8 Å². The molecule has 1 atom stereocenters. The Kier molecular flexibility index (Phi) is 6.26. The quantitative estimate of drug-likeness (QED) is 0.867. The molecular formula is C21H27N3O2. The maximum atomic E-state index is 12.6. The van der Waals surface area contributed by atoms with Crippen molar-refractivity contribution in [3.05, 3.63) is 60.2 Å². The van der Waals surface area contributed by atoms with Gasteiger partial charge in [0.1, 0.15) is 5.75 Å². The van der Waals surface area contributed by atoms with Gasteiger partial charge in [0.2, 0.25) is 5.91 Å². The van der Waals surface area contributed by atoms with Gasteiger partial charge in [0.25, 0.3) is 0 Å². The van der Waals surface area contributed by atoms with Gasteiger partial charge >= 0.3 is 0 Å². The zero-order valence-corrected chi connectivity index (χ0v) is 15.5. The molecule has 26 heavy (non-hydrogen) atoms. The van der Waals surface area contributed by atoms with Crippen LogP contribution in [0.25, 0.3) is 0 Å². The van der Waals surface area contributed by atoms with E-state index in [9.17, 15) is 4.79 Å². The maximum absolute atomic E-state index is 12.6. The van der Waals surface area contributed by atoms with Gasteiger partial charge in [-0.15, -0.1) is 0 Å². The Hall–Kier alpha value is -2.37. The smallest absolute Gasteiger partial charge is 0.241 e. The highest BCUT2D eigenvalue weighted by molar-refractivity contribution is 5.95. The Morgan fingerprint density at radius 3 is 2.38 bits per heavy atom. The van der Waals surface area contributed by atoms with Crippen LogP contribution in [-0.2, 0) is 11.3 Å². The first-order valence-electron chi connectivity index (χ1n) is 9.11. The number of carbonyl (C=O) groups excluding carboxylic acids is 1. The van der Waals surface area contributed by atoms with Crippen LogP contribution < -0.4 is 10.1 Å². The van der Waals surface area contributed by atoms with Crippen molar-refractivity contribution in [3.8, 4) is 5.75 Å². The van der Waals surface area contributed by atoms with Gasteiger partial charge in [-0.2, -0.15) is 0 Å². The zero-order valence-electron chi connectivity index (χ0n) is 15.5. The van der Waals surface area contributed by atoms with E-state index in [1.165, 1.54) is 5.56 Å². The predicted octanol–water partition coefficient (Wildman–Crippen LogP) is 2.84. The molecule has 5 nitrogen and oxygen atoms in total. The van der Waals surface area contributed by atoms with E-state index in [1.54, 1.807) is 7.11 Å². The summed E-state index contributed by atoms with van der Waals surface area (Å²) in [6.45, 7) is 6.68. The number of methoxy groups -OCH3 is 1. The Bertz CT molecular complexity index is 712. The molecule has 2 aromatic carbocycles. The van der Waals surface area contributed by atoms with Crippen molar-refractivity contribution in [2.24, 2.45) is 0 Å². The third-order valence-corrected chi connectivity index (χ3v) is 4.95. The predicted molar refractivity (Wildman–Crippen MR) is 104 cm³/mol. The highest BCUT2D eigenvalue weighted by Crippen LogP contribution is 2.23. The van der Waals surface area contributed by atoms with Gasteiger partial charge < -0.3 is 10.1 Å². The summed E-state index contributed by atoms with van der Waals surface area (Å²) in [7, 11) is 1.61. The number of piperazine rings is 1. The van der Waals surface area contributed by atoms with Gasteiger partial charge in [-0.1, -0.05) is 42.5 Å². The molecule has 1 aliphatic rings.